The summed E-state index contributed by atoms with van der Waals surface area (Å²) in [6, 6.07) is 15.3. The first-order chi connectivity index (χ1) is 16.6. The van der Waals surface area contributed by atoms with Crippen molar-refractivity contribution in [3.63, 3.8) is 0 Å². The number of methoxy groups -OCH3 is 1. The van der Waals surface area contributed by atoms with Gasteiger partial charge in [0.25, 0.3) is 0 Å². The Hall–Kier alpha value is -3.40. The Balaban J connectivity index is 1.65. The summed E-state index contributed by atoms with van der Waals surface area (Å²) in [6.45, 7) is 10.6. The van der Waals surface area contributed by atoms with Gasteiger partial charge in [-0.2, -0.15) is 5.26 Å². The minimum absolute atomic E-state index is 0.0485. The third kappa shape index (κ3) is 4.50. The molecule has 0 radical (unpaired) electrons. The number of quaternary nitrogens is 1. The van der Waals surface area contributed by atoms with Crippen molar-refractivity contribution in [1.29, 1.82) is 5.26 Å². The third-order valence-corrected chi connectivity index (χ3v) is 7.48. The summed E-state index contributed by atoms with van der Waals surface area (Å²) < 4.78 is 4.83. The highest BCUT2D eigenvalue weighted by Gasteiger charge is 2.45. The van der Waals surface area contributed by atoms with Crippen molar-refractivity contribution >= 4 is 22.9 Å². The summed E-state index contributed by atoms with van der Waals surface area (Å²) in [5.74, 6) is -0.333. The second-order valence-electron chi connectivity index (χ2n) is 10.2. The van der Waals surface area contributed by atoms with E-state index in [9.17, 15) is 15.3 Å². The topological polar surface area (TPSA) is 80.8 Å². The molecule has 0 saturated carbocycles. The molecule has 0 bridgehead atoms. The zero-order valence-corrected chi connectivity index (χ0v) is 21.1. The normalized spacial score (nSPS) is 21.8. The highest BCUT2D eigenvalue weighted by molar-refractivity contribution is 5.90. The molecule has 6 nitrogen and oxygen atoms in total. The number of hydrogen-bond acceptors (Lipinski definition) is 5. The number of fused-ring (bicyclic) bond motifs is 1. The average Bonchev–Trinajstić information content (AvgIpc) is 2.86. The molecular formula is C29H33N3O3. The van der Waals surface area contributed by atoms with E-state index in [1.807, 2.05) is 43.3 Å². The maximum Gasteiger partial charge on any atom is 0.337 e. The summed E-state index contributed by atoms with van der Waals surface area (Å²) >= 11 is 0. The predicted octanol–water partition coefficient (Wildman–Crippen LogP) is 4.65. The number of hydroxylamine groups is 1. The largest absolute Gasteiger partial charge is 0.629 e. The van der Waals surface area contributed by atoms with Crippen LogP contribution in [-0.4, -0.2) is 32.7 Å². The van der Waals surface area contributed by atoms with Crippen LogP contribution in [0.4, 0.5) is 11.4 Å². The lowest BCUT2D eigenvalue weighted by molar-refractivity contribution is -0.773. The Bertz CT molecular complexity index is 1240. The molecule has 1 aliphatic heterocycles. The van der Waals surface area contributed by atoms with Crippen LogP contribution >= 0.6 is 0 Å². The van der Waals surface area contributed by atoms with Crippen LogP contribution < -0.4 is 9.96 Å². The Morgan fingerprint density at radius 3 is 2.51 bits per heavy atom. The van der Waals surface area contributed by atoms with Gasteiger partial charge in [-0.05, 0) is 42.7 Å². The standard InChI is InChI=1S/C29H33N3O3/c1-6-32(34)24-16-20(18-30)15-23(17-24)31-14-12-26-28(2,3)25(11-13-29(26,4)19-31)21-7-9-22(10-8-21)27(33)35-5/h7-12,15-17,32H,6,13-14,19H2,1-5H3/t29-/m1/s1. The molecule has 1 aliphatic carbocycles. The number of nitrogens with zero attached hydrogens (tertiary/aromatic N) is 2. The van der Waals surface area contributed by atoms with Crippen molar-refractivity contribution < 1.29 is 14.6 Å². The molecule has 0 spiro atoms. The molecule has 2 aliphatic rings. The quantitative estimate of drug-likeness (QED) is 0.390. The van der Waals surface area contributed by atoms with Gasteiger partial charge in [0.2, 0.25) is 0 Å². The highest BCUT2D eigenvalue weighted by Crippen LogP contribution is 2.55. The minimum atomic E-state index is -0.333. The number of hydrogen-bond donors (Lipinski definition) is 1. The van der Waals surface area contributed by atoms with Crippen LogP contribution in [0.25, 0.3) is 5.57 Å². The van der Waals surface area contributed by atoms with Gasteiger partial charge >= 0.3 is 5.97 Å². The van der Waals surface area contributed by atoms with Gasteiger partial charge in [0, 0.05) is 41.7 Å². The van der Waals surface area contributed by atoms with Gasteiger partial charge < -0.3 is 19.9 Å². The molecular weight excluding hydrogens is 438 g/mol. The molecule has 1 N–H and O–H groups in total. The van der Waals surface area contributed by atoms with Crippen LogP contribution in [0.5, 0.6) is 0 Å². The van der Waals surface area contributed by atoms with Crippen molar-refractivity contribution in [1.82, 2.24) is 0 Å². The zero-order valence-electron chi connectivity index (χ0n) is 21.1. The summed E-state index contributed by atoms with van der Waals surface area (Å²) in [5.41, 5.74) is 6.09. The second kappa shape index (κ2) is 9.33. The van der Waals surface area contributed by atoms with E-state index >= 15 is 0 Å². The number of carbonyl (C=O) groups excluding carboxylic acids is 1. The maximum atomic E-state index is 12.4. The van der Waals surface area contributed by atoms with Crippen LogP contribution in [-0.2, 0) is 4.74 Å². The van der Waals surface area contributed by atoms with Crippen LogP contribution in [0.2, 0.25) is 0 Å². The van der Waals surface area contributed by atoms with Crippen molar-refractivity contribution in [3.8, 4) is 6.07 Å². The lowest BCUT2D eigenvalue weighted by Crippen LogP contribution is -3.01. The van der Waals surface area contributed by atoms with Gasteiger partial charge in [-0.15, -0.1) is 0 Å². The monoisotopic (exact) mass is 471 g/mol. The number of nitriles is 1. The summed E-state index contributed by atoms with van der Waals surface area (Å²) in [5, 5.41) is 21.9. The molecule has 35 heavy (non-hydrogen) atoms. The van der Waals surface area contributed by atoms with Crippen LogP contribution in [0.15, 0.2) is 60.2 Å². The predicted molar refractivity (Wildman–Crippen MR) is 138 cm³/mol. The number of rotatable bonds is 5. The van der Waals surface area contributed by atoms with Crippen molar-refractivity contribution in [3.05, 3.63) is 82.1 Å². The Labute approximate surface area is 207 Å². The van der Waals surface area contributed by atoms with Gasteiger partial charge in [-0.3, -0.25) is 0 Å². The van der Waals surface area contributed by atoms with Gasteiger partial charge in [-0.1, -0.05) is 50.6 Å². The first-order valence-electron chi connectivity index (χ1n) is 12.1. The van der Waals surface area contributed by atoms with E-state index in [0.717, 1.165) is 30.8 Å². The fourth-order valence-corrected chi connectivity index (χ4v) is 5.73. The molecule has 4 rings (SSSR count). The number of benzene rings is 2. The molecule has 0 saturated heterocycles. The number of ether oxygens (including phenoxy) is 1. The first-order valence-corrected chi connectivity index (χ1v) is 12.1. The number of esters is 1. The van der Waals surface area contributed by atoms with E-state index in [0.29, 0.717) is 23.4 Å². The van der Waals surface area contributed by atoms with E-state index in [4.69, 9.17) is 4.74 Å². The van der Waals surface area contributed by atoms with E-state index < -0.39 is 0 Å². The summed E-state index contributed by atoms with van der Waals surface area (Å²) in [4.78, 5) is 14.1. The van der Waals surface area contributed by atoms with Gasteiger partial charge in [0.05, 0.1) is 30.9 Å². The Morgan fingerprint density at radius 2 is 1.89 bits per heavy atom. The zero-order chi connectivity index (χ0) is 25.4. The van der Waals surface area contributed by atoms with Crippen LogP contribution in [0, 0.1) is 27.4 Å². The SMILES string of the molecule is CC[NH+]([O-])c1cc(C#N)cc(N2CC=C3C(C)(C)C(c4ccc(C(=O)OC)cc4)=CC[C@]3(C)C2)c1. The molecule has 1 unspecified atom stereocenters. The van der Waals surface area contributed by atoms with Crippen molar-refractivity contribution in [2.45, 2.75) is 34.1 Å². The summed E-state index contributed by atoms with van der Waals surface area (Å²) in [6.07, 6.45) is 5.52. The minimum Gasteiger partial charge on any atom is -0.629 e. The van der Waals surface area contributed by atoms with Crippen molar-refractivity contribution in [2.75, 3.05) is 31.6 Å². The fourth-order valence-electron chi connectivity index (χ4n) is 5.73. The molecule has 2 aromatic rings. The maximum absolute atomic E-state index is 12.4. The van der Waals surface area contributed by atoms with E-state index in [-0.39, 0.29) is 21.9 Å². The highest BCUT2D eigenvalue weighted by atomic mass is 16.5. The Kier molecular flexibility index (Phi) is 6.59. The van der Waals surface area contributed by atoms with Gasteiger partial charge in [-0.25, -0.2) is 4.79 Å². The van der Waals surface area contributed by atoms with Crippen LogP contribution in [0.1, 0.15) is 55.6 Å². The third-order valence-electron chi connectivity index (χ3n) is 7.48. The second-order valence-corrected chi connectivity index (χ2v) is 10.2. The van der Waals surface area contributed by atoms with Crippen LogP contribution in [0.3, 0.4) is 0 Å². The molecule has 182 valence electrons. The molecule has 2 atom stereocenters. The lowest BCUT2D eigenvalue weighted by Gasteiger charge is -2.51. The summed E-state index contributed by atoms with van der Waals surface area (Å²) in [7, 11) is 1.39. The van der Waals surface area contributed by atoms with E-state index in [1.165, 1.54) is 18.3 Å². The van der Waals surface area contributed by atoms with Gasteiger partial charge in [0.1, 0.15) is 5.69 Å². The number of allylic oxidation sites excluding steroid dienone is 2. The van der Waals surface area contributed by atoms with Crippen molar-refractivity contribution in [2.24, 2.45) is 10.8 Å². The van der Waals surface area contributed by atoms with E-state index in [1.54, 1.807) is 6.07 Å². The lowest BCUT2D eigenvalue weighted by atomic mass is 9.58. The molecule has 0 amide bonds. The smallest absolute Gasteiger partial charge is 0.337 e. The molecule has 1 heterocycles. The molecule has 0 aromatic heterocycles. The van der Waals surface area contributed by atoms with E-state index in [2.05, 4.69) is 43.9 Å². The number of anilines is 1. The molecule has 6 heteroatoms. The average molecular weight is 472 g/mol. The molecule has 0 fully saturated rings. The fraction of sp³-hybridized carbons (Fsp3) is 0.379. The number of carbonyl (C=O) groups is 1. The van der Waals surface area contributed by atoms with Gasteiger partial charge in [0.15, 0.2) is 0 Å². The molecule has 2 aromatic carbocycles. The first kappa shape index (κ1) is 24.7. The Morgan fingerprint density at radius 1 is 1.17 bits per heavy atom. The number of nitrogens with one attached hydrogen (secondary N) is 1.